The largest absolute Gasteiger partial charge is 0.455 e. The van der Waals surface area contributed by atoms with Crippen LogP contribution in [0.3, 0.4) is 0 Å². The molecule has 1 aliphatic rings. The number of nitrogens with zero attached hydrogens (tertiary/aromatic N) is 2. The molecule has 1 unspecified atom stereocenters. The number of benzene rings is 1. The molecule has 0 aliphatic carbocycles. The fourth-order valence-electron chi connectivity index (χ4n) is 3.51. The second-order valence-corrected chi connectivity index (χ2v) is 8.53. The van der Waals surface area contributed by atoms with Gasteiger partial charge in [0.05, 0.1) is 18.0 Å². The number of hydrogen-bond acceptors (Lipinski definition) is 6. The summed E-state index contributed by atoms with van der Waals surface area (Å²) in [6.07, 6.45) is -4.52. The van der Waals surface area contributed by atoms with Crippen molar-refractivity contribution in [3.8, 4) is 0 Å². The van der Waals surface area contributed by atoms with Crippen LogP contribution in [0.5, 0.6) is 0 Å². The molecular formula is C22H24F3N3O4S. The predicted octanol–water partition coefficient (Wildman–Crippen LogP) is 3.23. The summed E-state index contributed by atoms with van der Waals surface area (Å²) in [5, 5.41) is 4.53. The summed E-state index contributed by atoms with van der Waals surface area (Å²) in [4.78, 5) is 40.2. The molecule has 1 N–H and O–H groups in total. The Morgan fingerprint density at radius 2 is 1.85 bits per heavy atom. The van der Waals surface area contributed by atoms with Crippen molar-refractivity contribution in [2.24, 2.45) is 0 Å². The summed E-state index contributed by atoms with van der Waals surface area (Å²) in [6.45, 7) is 2.26. The van der Waals surface area contributed by atoms with Crippen molar-refractivity contribution in [2.75, 3.05) is 37.7 Å². The number of alkyl halides is 3. The molecule has 2 amide bonds. The molecule has 1 atom stereocenters. The van der Waals surface area contributed by atoms with Gasteiger partial charge in [-0.3, -0.25) is 14.4 Å². The molecule has 2 aromatic rings. The van der Waals surface area contributed by atoms with E-state index in [-0.39, 0.29) is 18.2 Å². The SMILES string of the molecule is CC(=O)NC(CC(=O)OCC(=O)N1CCN(c2cccc(C(F)(F)F)c2)CC1)c1cccs1. The molecule has 0 saturated carbocycles. The Bertz CT molecular complexity index is 974. The molecule has 3 rings (SSSR count). The highest BCUT2D eigenvalue weighted by atomic mass is 32.1. The van der Waals surface area contributed by atoms with Crippen molar-refractivity contribution >= 4 is 34.8 Å². The van der Waals surface area contributed by atoms with E-state index in [4.69, 9.17) is 4.74 Å². The van der Waals surface area contributed by atoms with Gasteiger partial charge in [-0.2, -0.15) is 13.2 Å². The second kappa shape index (κ2) is 10.7. The number of esters is 1. The molecule has 2 heterocycles. The molecule has 7 nitrogen and oxygen atoms in total. The highest BCUT2D eigenvalue weighted by Gasteiger charge is 2.31. The van der Waals surface area contributed by atoms with Gasteiger partial charge in [-0.1, -0.05) is 12.1 Å². The fraction of sp³-hybridized carbons (Fsp3) is 0.409. The molecular weight excluding hydrogens is 459 g/mol. The summed E-state index contributed by atoms with van der Waals surface area (Å²) in [5.41, 5.74) is -0.272. The first-order chi connectivity index (χ1) is 15.6. The lowest BCUT2D eigenvalue weighted by molar-refractivity contribution is -0.152. The number of piperazine rings is 1. The number of thiophene rings is 1. The van der Waals surface area contributed by atoms with Crippen molar-refractivity contribution in [3.05, 3.63) is 52.2 Å². The van der Waals surface area contributed by atoms with Crippen molar-refractivity contribution in [3.63, 3.8) is 0 Å². The Labute approximate surface area is 193 Å². The number of nitrogens with one attached hydrogen (secondary N) is 1. The van der Waals surface area contributed by atoms with Gasteiger partial charge in [-0.25, -0.2) is 0 Å². The van der Waals surface area contributed by atoms with Crippen LogP contribution in [0.15, 0.2) is 41.8 Å². The zero-order valence-corrected chi connectivity index (χ0v) is 18.7. The molecule has 1 aromatic carbocycles. The van der Waals surface area contributed by atoms with Gasteiger partial charge in [0.1, 0.15) is 0 Å². The van der Waals surface area contributed by atoms with Crippen LogP contribution in [-0.2, 0) is 25.3 Å². The van der Waals surface area contributed by atoms with Crippen LogP contribution in [0.1, 0.15) is 29.8 Å². The van der Waals surface area contributed by atoms with Crippen LogP contribution in [0.4, 0.5) is 18.9 Å². The molecule has 0 bridgehead atoms. The van der Waals surface area contributed by atoms with Crippen LogP contribution in [0, 0.1) is 0 Å². The van der Waals surface area contributed by atoms with Crippen molar-refractivity contribution in [1.29, 1.82) is 0 Å². The predicted molar refractivity (Wildman–Crippen MR) is 117 cm³/mol. The van der Waals surface area contributed by atoms with E-state index in [1.165, 1.54) is 29.2 Å². The number of rotatable bonds is 7. The maximum absolute atomic E-state index is 12.9. The van der Waals surface area contributed by atoms with E-state index < -0.39 is 30.4 Å². The molecule has 1 saturated heterocycles. The second-order valence-electron chi connectivity index (χ2n) is 7.55. The summed E-state index contributed by atoms with van der Waals surface area (Å²) in [6, 6.07) is 8.16. The number of halogens is 3. The molecule has 0 spiro atoms. The Hall–Kier alpha value is -3.08. The van der Waals surface area contributed by atoms with Gasteiger partial charge in [-0.15, -0.1) is 11.3 Å². The van der Waals surface area contributed by atoms with Crippen LogP contribution in [-0.4, -0.2) is 55.5 Å². The molecule has 1 fully saturated rings. The molecule has 178 valence electrons. The molecule has 1 aromatic heterocycles. The smallest absolute Gasteiger partial charge is 0.416 e. The minimum Gasteiger partial charge on any atom is -0.455 e. The van der Waals surface area contributed by atoms with Crippen LogP contribution < -0.4 is 10.2 Å². The number of ether oxygens (including phenoxy) is 1. The zero-order chi connectivity index (χ0) is 24.0. The highest BCUT2D eigenvalue weighted by molar-refractivity contribution is 7.10. The molecule has 33 heavy (non-hydrogen) atoms. The number of carbonyl (C=O) groups is 3. The van der Waals surface area contributed by atoms with Gasteiger partial charge in [0.2, 0.25) is 5.91 Å². The maximum Gasteiger partial charge on any atom is 0.416 e. The fourth-order valence-corrected chi connectivity index (χ4v) is 4.29. The Morgan fingerprint density at radius 1 is 1.12 bits per heavy atom. The van der Waals surface area contributed by atoms with E-state index in [0.717, 1.165) is 17.0 Å². The minimum atomic E-state index is -4.42. The Morgan fingerprint density at radius 3 is 2.45 bits per heavy atom. The Kier molecular flexibility index (Phi) is 7.96. The van der Waals surface area contributed by atoms with Crippen molar-refractivity contribution in [1.82, 2.24) is 10.2 Å². The van der Waals surface area contributed by atoms with Gasteiger partial charge in [-0.05, 0) is 29.6 Å². The minimum absolute atomic E-state index is 0.100. The van der Waals surface area contributed by atoms with Gasteiger partial charge in [0.15, 0.2) is 6.61 Å². The van der Waals surface area contributed by atoms with E-state index in [0.29, 0.717) is 31.9 Å². The summed E-state index contributed by atoms with van der Waals surface area (Å²) in [7, 11) is 0. The first-order valence-electron chi connectivity index (χ1n) is 10.3. The van der Waals surface area contributed by atoms with Crippen molar-refractivity contribution < 1.29 is 32.3 Å². The standard InChI is InChI=1S/C22H24F3N3O4S/c1-15(29)26-18(19-6-3-11-33-19)13-21(31)32-14-20(30)28-9-7-27(8-10-28)17-5-2-4-16(12-17)22(23,24)25/h2-6,11-12,18H,7-10,13-14H2,1H3,(H,26,29). The number of amides is 2. The monoisotopic (exact) mass is 483 g/mol. The third kappa shape index (κ3) is 6.95. The molecule has 11 heteroatoms. The average molecular weight is 484 g/mol. The molecule has 1 aliphatic heterocycles. The van der Waals surface area contributed by atoms with Gasteiger partial charge >= 0.3 is 12.1 Å². The van der Waals surface area contributed by atoms with E-state index >= 15 is 0 Å². The topological polar surface area (TPSA) is 78.9 Å². The lowest BCUT2D eigenvalue weighted by atomic mass is 10.1. The van der Waals surface area contributed by atoms with Crippen LogP contribution >= 0.6 is 11.3 Å². The summed E-state index contributed by atoms with van der Waals surface area (Å²) < 4.78 is 43.9. The summed E-state index contributed by atoms with van der Waals surface area (Å²) in [5.74, 6) is -1.27. The van der Waals surface area contributed by atoms with E-state index in [2.05, 4.69) is 5.32 Å². The molecule has 0 radical (unpaired) electrons. The van der Waals surface area contributed by atoms with Gasteiger partial charge < -0.3 is 19.9 Å². The van der Waals surface area contributed by atoms with Gasteiger partial charge in [0.25, 0.3) is 5.91 Å². The lowest BCUT2D eigenvalue weighted by Crippen LogP contribution is -2.50. The van der Waals surface area contributed by atoms with Gasteiger partial charge in [0, 0.05) is 43.7 Å². The summed E-state index contributed by atoms with van der Waals surface area (Å²) >= 11 is 1.40. The third-order valence-corrected chi connectivity index (χ3v) is 6.15. The number of anilines is 1. The normalized spacial score (nSPS) is 15.2. The number of carbonyl (C=O) groups excluding carboxylic acids is 3. The zero-order valence-electron chi connectivity index (χ0n) is 17.9. The number of hydrogen-bond donors (Lipinski definition) is 1. The van der Waals surface area contributed by atoms with E-state index in [1.54, 1.807) is 17.0 Å². The third-order valence-electron chi connectivity index (χ3n) is 5.16. The first-order valence-corrected chi connectivity index (χ1v) is 11.2. The quantitative estimate of drug-likeness (QED) is 0.612. The highest BCUT2D eigenvalue weighted by Crippen LogP contribution is 2.32. The van der Waals surface area contributed by atoms with Crippen molar-refractivity contribution in [2.45, 2.75) is 25.6 Å². The van der Waals surface area contributed by atoms with E-state index in [1.807, 2.05) is 11.4 Å². The Balaban J connectivity index is 1.47. The lowest BCUT2D eigenvalue weighted by Gasteiger charge is -2.36. The maximum atomic E-state index is 12.9. The van der Waals surface area contributed by atoms with E-state index in [9.17, 15) is 27.6 Å². The van der Waals surface area contributed by atoms with Crippen LogP contribution in [0.25, 0.3) is 0 Å². The first kappa shape index (κ1) is 24.6. The van der Waals surface area contributed by atoms with Crippen LogP contribution in [0.2, 0.25) is 0 Å². The average Bonchev–Trinajstić information content (AvgIpc) is 3.31.